The third-order valence-corrected chi connectivity index (χ3v) is 2.96. The number of hydrogen-bond acceptors (Lipinski definition) is 5. The Morgan fingerprint density at radius 2 is 2.14 bits per heavy atom. The van der Waals surface area contributed by atoms with Crippen molar-refractivity contribution in [2.75, 3.05) is 10.6 Å². The number of anilines is 2. The van der Waals surface area contributed by atoms with Crippen LogP contribution < -0.4 is 10.6 Å². The van der Waals surface area contributed by atoms with Gasteiger partial charge in [0.15, 0.2) is 5.82 Å². The molecule has 0 aliphatic heterocycles. The molecule has 0 bridgehead atoms. The van der Waals surface area contributed by atoms with E-state index in [-0.39, 0.29) is 11.8 Å². The van der Waals surface area contributed by atoms with Gasteiger partial charge in [0.05, 0.1) is 17.9 Å². The Bertz CT molecular complexity index is 640. The van der Waals surface area contributed by atoms with Crippen LogP contribution in [0.2, 0.25) is 5.02 Å². The van der Waals surface area contributed by atoms with Crippen LogP contribution in [0, 0.1) is 0 Å². The second-order valence-corrected chi connectivity index (χ2v) is 5.36. The number of hydrogen-bond donors (Lipinski definition) is 2. The monoisotopic (exact) mass is 308 g/mol. The minimum absolute atomic E-state index is 0.153. The fraction of sp³-hybridized carbons (Fsp3) is 0.357. The van der Waals surface area contributed by atoms with Crippen molar-refractivity contribution in [3.63, 3.8) is 0 Å². The van der Waals surface area contributed by atoms with E-state index in [1.807, 2.05) is 13.8 Å². The Balaban J connectivity index is 2.10. The molecule has 112 valence electrons. The van der Waals surface area contributed by atoms with E-state index in [0.29, 0.717) is 34.7 Å². The number of aromatic nitrogens is 2. The molecule has 0 aliphatic carbocycles. The van der Waals surface area contributed by atoms with Crippen molar-refractivity contribution >= 4 is 28.9 Å². The number of halogens is 1. The minimum Gasteiger partial charge on any atom is -0.374 e. The highest BCUT2D eigenvalue weighted by Gasteiger charge is 2.11. The Morgan fingerprint density at radius 3 is 2.76 bits per heavy atom. The maximum atomic E-state index is 11.2. The first-order valence-electron chi connectivity index (χ1n) is 6.59. The molecule has 7 heteroatoms. The highest BCUT2D eigenvalue weighted by Crippen LogP contribution is 2.26. The zero-order chi connectivity index (χ0) is 15.4. The summed E-state index contributed by atoms with van der Waals surface area (Å²) in [6.45, 7) is 5.79. The van der Waals surface area contributed by atoms with Crippen LogP contribution in [-0.2, 0) is 11.3 Å². The van der Waals surface area contributed by atoms with Crippen LogP contribution in [0.25, 0.3) is 0 Å². The van der Waals surface area contributed by atoms with Crippen LogP contribution in [-0.4, -0.2) is 16.0 Å². The molecule has 21 heavy (non-hydrogen) atoms. The number of carbonyl (C=O) groups excluding carboxylic acids is 1. The van der Waals surface area contributed by atoms with Gasteiger partial charge in [-0.25, -0.2) is 0 Å². The summed E-state index contributed by atoms with van der Waals surface area (Å²) in [5, 5.41) is 10.3. The zero-order valence-electron chi connectivity index (χ0n) is 12.1. The number of nitrogens with one attached hydrogen (secondary N) is 2. The normalized spacial score (nSPS) is 10.7. The molecule has 2 aromatic rings. The molecular formula is C14H17ClN4O2. The van der Waals surface area contributed by atoms with E-state index in [2.05, 4.69) is 20.8 Å². The Hall–Kier alpha value is -2.08. The lowest BCUT2D eigenvalue weighted by Crippen LogP contribution is -2.09. The molecule has 0 saturated carbocycles. The second kappa shape index (κ2) is 6.58. The van der Waals surface area contributed by atoms with Crippen molar-refractivity contribution in [1.82, 2.24) is 10.1 Å². The van der Waals surface area contributed by atoms with Gasteiger partial charge in [0.25, 0.3) is 0 Å². The van der Waals surface area contributed by atoms with Gasteiger partial charge in [0.2, 0.25) is 11.8 Å². The Kier molecular flexibility index (Phi) is 4.80. The molecule has 1 aromatic heterocycles. The van der Waals surface area contributed by atoms with Crippen molar-refractivity contribution in [2.24, 2.45) is 0 Å². The molecule has 0 saturated heterocycles. The van der Waals surface area contributed by atoms with Crippen LogP contribution in [0.4, 0.5) is 11.4 Å². The first-order chi connectivity index (χ1) is 9.95. The highest BCUT2D eigenvalue weighted by molar-refractivity contribution is 6.31. The van der Waals surface area contributed by atoms with E-state index < -0.39 is 0 Å². The van der Waals surface area contributed by atoms with Crippen molar-refractivity contribution in [3.05, 3.63) is 34.9 Å². The first kappa shape index (κ1) is 15.3. The quantitative estimate of drug-likeness (QED) is 0.884. The lowest BCUT2D eigenvalue weighted by molar-refractivity contribution is -0.114. The summed E-state index contributed by atoms with van der Waals surface area (Å²) < 4.78 is 5.15. The fourth-order valence-corrected chi connectivity index (χ4v) is 1.88. The van der Waals surface area contributed by atoms with E-state index in [9.17, 15) is 4.79 Å². The van der Waals surface area contributed by atoms with Crippen LogP contribution in [0.1, 0.15) is 38.4 Å². The molecule has 0 fully saturated rings. The molecule has 0 spiro atoms. The van der Waals surface area contributed by atoms with Crippen LogP contribution in [0.5, 0.6) is 0 Å². The van der Waals surface area contributed by atoms with Gasteiger partial charge in [-0.15, -0.1) is 0 Å². The molecule has 2 rings (SSSR count). The predicted octanol–water partition coefficient (Wildman–Crippen LogP) is 3.42. The van der Waals surface area contributed by atoms with E-state index in [0.717, 1.165) is 0 Å². The topological polar surface area (TPSA) is 80.0 Å². The van der Waals surface area contributed by atoms with Crippen LogP contribution >= 0.6 is 11.6 Å². The van der Waals surface area contributed by atoms with Crippen molar-refractivity contribution < 1.29 is 9.32 Å². The molecule has 6 nitrogen and oxygen atoms in total. The summed E-state index contributed by atoms with van der Waals surface area (Å²) in [7, 11) is 0. The SMILES string of the molecule is CC(=O)Nc1ccc(Cl)cc1NCc1nc(C(C)C)no1. The molecule has 2 N–H and O–H groups in total. The number of rotatable bonds is 5. The van der Waals surface area contributed by atoms with Gasteiger partial charge in [-0.3, -0.25) is 4.79 Å². The molecule has 0 unspecified atom stereocenters. The fourth-order valence-electron chi connectivity index (χ4n) is 1.71. The van der Waals surface area contributed by atoms with Crippen molar-refractivity contribution in [1.29, 1.82) is 0 Å². The van der Waals surface area contributed by atoms with Crippen molar-refractivity contribution in [2.45, 2.75) is 33.2 Å². The maximum Gasteiger partial charge on any atom is 0.245 e. The first-order valence-corrected chi connectivity index (χ1v) is 6.97. The standard InChI is InChI=1S/C14H17ClN4O2/c1-8(2)14-18-13(21-19-14)7-16-12-6-10(15)4-5-11(12)17-9(3)20/h4-6,8,16H,7H2,1-3H3,(H,17,20). The summed E-state index contributed by atoms with van der Waals surface area (Å²) >= 11 is 5.98. The molecular weight excluding hydrogens is 292 g/mol. The number of benzene rings is 1. The average molecular weight is 309 g/mol. The minimum atomic E-state index is -0.153. The third-order valence-electron chi connectivity index (χ3n) is 2.72. The Labute approximate surface area is 127 Å². The summed E-state index contributed by atoms with van der Waals surface area (Å²) in [4.78, 5) is 15.5. The van der Waals surface area contributed by atoms with Crippen LogP contribution in [0.3, 0.4) is 0 Å². The van der Waals surface area contributed by atoms with E-state index in [1.54, 1.807) is 18.2 Å². The Morgan fingerprint density at radius 1 is 1.38 bits per heavy atom. The third kappa shape index (κ3) is 4.19. The molecule has 1 aromatic carbocycles. The lowest BCUT2D eigenvalue weighted by atomic mass is 10.2. The van der Waals surface area contributed by atoms with E-state index in [1.165, 1.54) is 6.92 Å². The highest BCUT2D eigenvalue weighted by atomic mass is 35.5. The van der Waals surface area contributed by atoms with Gasteiger partial charge >= 0.3 is 0 Å². The predicted molar refractivity (Wildman–Crippen MR) is 81.5 cm³/mol. The molecule has 0 radical (unpaired) electrons. The maximum absolute atomic E-state index is 11.2. The smallest absolute Gasteiger partial charge is 0.245 e. The summed E-state index contributed by atoms with van der Waals surface area (Å²) in [5.74, 6) is 1.20. The van der Waals surface area contributed by atoms with E-state index in [4.69, 9.17) is 16.1 Å². The summed E-state index contributed by atoms with van der Waals surface area (Å²) in [5.41, 5.74) is 1.34. The molecule has 0 aliphatic rings. The number of amides is 1. The second-order valence-electron chi connectivity index (χ2n) is 4.93. The number of carbonyl (C=O) groups is 1. The summed E-state index contributed by atoms with van der Waals surface area (Å²) in [6, 6.07) is 5.17. The largest absolute Gasteiger partial charge is 0.374 e. The van der Waals surface area contributed by atoms with E-state index >= 15 is 0 Å². The van der Waals surface area contributed by atoms with Gasteiger partial charge in [-0.05, 0) is 18.2 Å². The van der Waals surface area contributed by atoms with Crippen LogP contribution in [0.15, 0.2) is 22.7 Å². The van der Waals surface area contributed by atoms with Crippen molar-refractivity contribution in [3.8, 4) is 0 Å². The van der Waals surface area contributed by atoms with Gasteiger partial charge in [-0.2, -0.15) is 4.98 Å². The zero-order valence-corrected chi connectivity index (χ0v) is 12.9. The van der Waals surface area contributed by atoms with Gasteiger partial charge in [-0.1, -0.05) is 30.6 Å². The van der Waals surface area contributed by atoms with Gasteiger partial charge in [0.1, 0.15) is 0 Å². The lowest BCUT2D eigenvalue weighted by Gasteiger charge is -2.11. The number of nitrogens with zero attached hydrogens (tertiary/aromatic N) is 2. The van der Waals surface area contributed by atoms with Gasteiger partial charge < -0.3 is 15.2 Å². The summed E-state index contributed by atoms with van der Waals surface area (Å²) in [6.07, 6.45) is 0. The molecule has 1 heterocycles. The average Bonchev–Trinajstić information content (AvgIpc) is 2.87. The molecule has 1 amide bonds. The van der Waals surface area contributed by atoms with Gasteiger partial charge in [0, 0.05) is 17.9 Å². The molecule has 0 atom stereocenters.